The average Bonchev–Trinajstić information content (AvgIpc) is 3.15. The van der Waals surface area contributed by atoms with Gasteiger partial charge in [0.05, 0.1) is 19.2 Å². The van der Waals surface area contributed by atoms with Crippen LogP contribution in [0.2, 0.25) is 0 Å². The molecule has 0 saturated heterocycles. The van der Waals surface area contributed by atoms with E-state index in [2.05, 4.69) is 22.1 Å². The zero-order chi connectivity index (χ0) is 14.8. The van der Waals surface area contributed by atoms with Crippen molar-refractivity contribution in [3.63, 3.8) is 0 Å². The summed E-state index contributed by atoms with van der Waals surface area (Å²) in [5.41, 5.74) is 2.41. The van der Waals surface area contributed by atoms with Crippen molar-refractivity contribution in [3.8, 4) is 11.6 Å². The molecule has 3 aromatic heterocycles. The molecule has 3 rings (SSSR count). The van der Waals surface area contributed by atoms with Gasteiger partial charge in [-0.2, -0.15) is 10.2 Å². The van der Waals surface area contributed by atoms with Crippen molar-refractivity contribution in [2.75, 3.05) is 0 Å². The van der Waals surface area contributed by atoms with Crippen molar-refractivity contribution in [2.45, 2.75) is 19.7 Å². The standard InChI is InChI=1S/C14H13B2N5/c1-2-11-3-5-20(18-11)13-7-10(16)8-14(17-13)21-6-4-12(9-15)19-21/h3-8H,2,9H2,1H3. The molecule has 3 heterocycles. The zero-order valence-corrected chi connectivity index (χ0v) is 11.8. The summed E-state index contributed by atoms with van der Waals surface area (Å²) in [4.78, 5) is 4.55. The number of aryl methyl sites for hydroxylation is 1. The quantitative estimate of drug-likeness (QED) is 0.649. The molecular weight excluding hydrogens is 260 g/mol. The normalized spacial score (nSPS) is 10.9. The molecule has 0 N–H and O–H groups in total. The SMILES string of the molecule is [B]Cc1ccn(-c2cc([B])cc(-n3ccc(CC)n3)n2)n1. The molecule has 0 saturated carbocycles. The van der Waals surface area contributed by atoms with Crippen LogP contribution in [0, 0.1) is 0 Å². The Kier molecular flexibility index (Phi) is 3.64. The Balaban J connectivity index is 2.03. The Morgan fingerprint density at radius 1 is 1.00 bits per heavy atom. The first-order valence-corrected chi connectivity index (χ1v) is 6.77. The fourth-order valence-electron chi connectivity index (χ4n) is 2.03. The highest BCUT2D eigenvalue weighted by Crippen LogP contribution is 2.09. The first-order valence-electron chi connectivity index (χ1n) is 6.77. The molecule has 0 unspecified atom stereocenters. The van der Waals surface area contributed by atoms with E-state index in [4.69, 9.17) is 15.7 Å². The fraction of sp³-hybridized carbons (Fsp3) is 0.214. The minimum absolute atomic E-state index is 0.390. The molecule has 0 spiro atoms. The molecule has 0 aromatic carbocycles. The third-order valence-corrected chi connectivity index (χ3v) is 3.15. The molecule has 0 amide bonds. The second-order valence-electron chi connectivity index (χ2n) is 4.68. The first kappa shape index (κ1) is 13.7. The van der Waals surface area contributed by atoms with Gasteiger partial charge >= 0.3 is 0 Å². The third-order valence-electron chi connectivity index (χ3n) is 3.15. The van der Waals surface area contributed by atoms with E-state index in [-0.39, 0.29) is 0 Å². The van der Waals surface area contributed by atoms with Crippen LogP contribution in [-0.2, 0) is 12.7 Å². The van der Waals surface area contributed by atoms with E-state index in [0.29, 0.717) is 23.4 Å². The molecule has 0 aliphatic carbocycles. The van der Waals surface area contributed by atoms with E-state index in [1.807, 2.05) is 24.5 Å². The van der Waals surface area contributed by atoms with Gasteiger partial charge in [-0.3, -0.25) is 0 Å². The number of pyridine rings is 1. The van der Waals surface area contributed by atoms with E-state index < -0.39 is 0 Å². The smallest absolute Gasteiger partial charge is 0.155 e. The number of aromatic nitrogens is 5. The lowest BCUT2D eigenvalue weighted by Crippen LogP contribution is -2.13. The summed E-state index contributed by atoms with van der Waals surface area (Å²) in [6, 6.07) is 7.36. The van der Waals surface area contributed by atoms with Gasteiger partial charge < -0.3 is 0 Å². The molecule has 0 atom stereocenters. The van der Waals surface area contributed by atoms with E-state index in [9.17, 15) is 0 Å². The maximum atomic E-state index is 5.97. The highest BCUT2D eigenvalue weighted by atomic mass is 15.3. The number of hydrogen-bond donors (Lipinski definition) is 0. The lowest BCUT2D eigenvalue weighted by molar-refractivity contribution is 0.785. The van der Waals surface area contributed by atoms with Crippen molar-refractivity contribution < 1.29 is 0 Å². The van der Waals surface area contributed by atoms with Gasteiger partial charge in [0.1, 0.15) is 7.85 Å². The summed E-state index contributed by atoms with van der Waals surface area (Å²) in [5, 5.41) is 8.79. The van der Waals surface area contributed by atoms with Gasteiger partial charge in [-0.15, -0.1) is 0 Å². The second kappa shape index (κ2) is 5.60. The lowest BCUT2D eigenvalue weighted by atomic mass is 9.97. The molecular formula is C14H13B2N5. The molecule has 0 fully saturated rings. The average molecular weight is 273 g/mol. The summed E-state index contributed by atoms with van der Waals surface area (Å²) in [5.74, 6) is 1.30. The molecule has 0 aliphatic rings. The van der Waals surface area contributed by atoms with Gasteiger partial charge in [0.15, 0.2) is 11.6 Å². The topological polar surface area (TPSA) is 48.5 Å². The first-order chi connectivity index (χ1) is 10.2. The maximum Gasteiger partial charge on any atom is 0.155 e. The minimum Gasteiger partial charge on any atom is -0.222 e. The van der Waals surface area contributed by atoms with Crippen LogP contribution >= 0.6 is 0 Å². The number of nitrogens with zero attached hydrogens (tertiary/aromatic N) is 5. The van der Waals surface area contributed by atoms with Gasteiger partial charge in [0.25, 0.3) is 0 Å². The highest BCUT2D eigenvalue weighted by Gasteiger charge is 2.07. The molecule has 21 heavy (non-hydrogen) atoms. The number of rotatable bonds is 4. The van der Waals surface area contributed by atoms with Crippen molar-refractivity contribution >= 4 is 21.2 Å². The summed E-state index contributed by atoms with van der Waals surface area (Å²) in [7, 11) is 11.5. The van der Waals surface area contributed by atoms with Gasteiger partial charge in [0.2, 0.25) is 0 Å². The molecule has 0 bridgehead atoms. The summed E-state index contributed by atoms with van der Waals surface area (Å²) in [6.45, 7) is 2.06. The van der Waals surface area contributed by atoms with Crippen LogP contribution in [-0.4, -0.2) is 40.2 Å². The summed E-state index contributed by atoms with van der Waals surface area (Å²) < 4.78 is 3.37. The Bertz CT molecular complexity index is 702. The van der Waals surface area contributed by atoms with Crippen LogP contribution in [0.4, 0.5) is 0 Å². The van der Waals surface area contributed by atoms with Crippen LogP contribution < -0.4 is 5.46 Å². The van der Waals surface area contributed by atoms with Crippen molar-refractivity contribution in [3.05, 3.63) is 48.0 Å². The van der Waals surface area contributed by atoms with E-state index in [1.54, 1.807) is 21.5 Å². The van der Waals surface area contributed by atoms with Crippen LogP contribution in [0.1, 0.15) is 18.3 Å². The zero-order valence-electron chi connectivity index (χ0n) is 11.8. The minimum atomic E-state index is 0.390. The van der Waals surface area contributed by atoms with Crippen LogP contribution in [0.15, 0.2) is 36.7 Å². The highest BCUT2D eigenvalue weighted by molar-refractivity contribution is 6.32. The van der Waals surface area contributed by atoms with Crippen molar-refractivity contribution in [1.82, 2.24) is 24.5 Å². The summed E-state index contributed by atoms with van der Waals surface area (Å²) in [6.07, 6.45) is 4.95. The van der Waals surface area contributed by atoms with Gasteiger partial charge in [0, 0.05) is 12.4 Å². The molecule has 7 heteroatoms. The van der Waals surface area contributed by atoms with E-state index in [1.165, 1.54) is 0 Å². The van der Waals surface area contributed by atoms with Gasteiger partial charge in [-0.05, 0) is 37.0 Å². The Labute approximate surface area is 125 Å². The Morgan fingerprint density at radius 3 is 2.05 bits per heavy atom. The molecule has 3 aromatic rings. The Hall–Kier alpha value is -2.30. The largest absolute Gasteiger partial charge is 0.222 e. The molecule has 5 nitrogen and oxygen atoms in total. The molecule has 4 radical (unpaired) electrons. The fourth-order valence-corrected chi connectivity index (χ4v) is 2.03. The van der Waals surface area contributed by atoms with Gasteiger partial charge in [-0.1, -0.05) is 12.4 Å². The molecule has 0 aliphatic heterocycles. The van der Waals surface area contributed by atoms with Crippen molar-refractivity contribution in [2.24, 2.45) is 0 Å². The van der Waals surface area contributed by atoms with E-state index in [0.717, 1.165) is 17.8 Å². The van der Waals surface area contributed by atoms with Crippen LogP contribution in [0.3, 0.4) is 0 Å². The summed E-state index contributed by atoms with van der Waals surface area (Å²) >= 11 is 0. The maximum absolute atomic E-state index is 5.97. The predicted octanol–water partition coefficient (Wildman–Crippen LogP) is 0.478. The Morgan fingerprint density at radius 2 is 1.57 bits per heavy atom. The lowest BCUT2D eigenvalue weighted by Gasteiger charge is -2.07. The monoisotopic (exact) mass is 273 g/mol. The van der Waals surface area contributed by atoms with Crippen molar-refractivity contribution in [1.29, 1.82) is 0 Å². The third kappa shape index (κ3) is 2.77. The number of hydrogen-bond acceptors (Lipinski definition) is 3. The van der Waals surface area contributed by atoms with Gasteiger partial charge in [-0.25, -0.2) is 14.3 Å². The predicted molar refractivity (Wildman–Crippen MR) is 82.7 cm³/mol. The van der Waals surface area contributed by atoms with Crippen LogP contribution in [0.25, 0.3) is 11.6 Å². The molecule has 100 valence electrons. The van der Waals surface area contributed by atoms with E-state index >= 15 is 0 Å². The second-order valence-corrected chi connectivity index (χ2v) is 4.68. The van der Waals surface area contributed by atoms with Crippen LogP contribution in [0.5, 0.6) is 0 Å².